The second-order valence-electron chi connectivity index (χ2n) is 5.98. The molecule has 1 unspecified atom stereocenters. The van der Waals surface area contributed by atoms with Gasteiger partial charge in [0.1, 0.15) is 5.75 Å². The fourth-order valence-electron chi connectivity index (χ4n) is 3.20. The summed E-state index contributed by atoms with van der Waals surface area (Å²) in [4.78, 5) is 0. The van der Waals surface area contributed by atoms with Gasteiger partial charge in [-0.1, -0.05) is 31.9 Å². The number of nitrogens with one attached hydrogen (secondary N) is 1. The van der Waals surface area contributed by atoms with Crippen molar-refractivity contribution in [2.75, 3.05) is 20.2 Å². The van der Waals surface area contributed by atoms with Crippen LogP contribution < -0.4 is 10.1 Å². The van der Waals surface area contributed by atoms with E-state index < -0.39 is 6.10 Å². The predicted octanol–water partition coefficient (Wildman–Crippen LogP) is 3.29. The quantitative estimate of drug-likeness (QED) is 0.803. The average Bonchev–Trinajstić information content (AvgIpc) is 2.96. The van der Waals surface area contributed by atoms with E-state index in [0.29, 0.717) is 12.0 Å². The SMILES string of the molecule is CCC1(CNCC(O)c2ccc(OC)cc2)CCCC1. The molecule has 1 aromatic carbocycles. The van der Waals surface area contributed by atoms with Crippen molar-refractivity contribution in [2.45, 2.75) is 45.1 Å². The summed E-state index contributed by atoms with van der Waals surface area (Å²) in [6.07, 6.45) is 6.16. The molecule has 3 heteroatoms. The Labute approximate surface area is 122 Å². The molecule has 0 spiro atoms. The first-order chi connectivity index (χ1) is 9.69. The maximum absolute atomic E-state index is 10.2. The van der Waals surface area contributed by atoms with Gasteiger partial charge in [0.25, 0.3) is 0 Å². The second kappa shape index (κ2) is 7.09. The number of hydrogen-bond acceptors (Lipinski definition) is 3. The Morgan fingerprint density at radius 1 is 1.25 bits per heavy atom. The van der Waals surface area contributed by atoms with Crippen LogP contribution in [0.4, 0.5) is 0 Å². The molecule has 1 aliphatic rings. The Morgan fingerprint density at radius 2 is 1.90 bits per heavy atom. The fourth-order valence-corrected chi connectivity index (χ4v) is 3.20. The van der Waals surface area contributed by atoms with Crippen LogP contribution in [0.2, 0.25) is 0 Å². The molecule has 2 rings (SSSR count). The molecule has 2 N–H and O–H groups in total. The smallest absolute Gasteiger partial charge is 0.118 e. The molecule has 0 heterocycles. The second-order valence-corrected chi connectivity index (χ2v) is 5.98. The summed E-state index contributed by atoms with van der Waals surface area (Å²) in [5.74, 6) is 0.824. The third-order valence-corrected chi connectivity index (χ3v) is 4.75. The fraction of sp³-hybridized carbons (Fsp3) is 0.647. The van der Waals surface area contributed by atoms with E-state index in [1.54, 1.807) is 7.11 Å². The van der Waals surface area contributed by atoms with Crippen LogP contribution in [0.25, 0.3) is 0 Å². The standard InChI is InChI=1S/C17H27NO2/c1-3-17(10-4-5-11-17)13-18-12-16(19)14-6-8-15(20-2)9-7-14/h6-9,16,18-19H,3-5,10-13H2,1-2H3. The van der Waals surface area contributed by atoms with E-state index in [-0.39, 0.29) is 0 Å². The van der Waals surface area contributed by atoms with Gasteiger partial charge in [-0.2, -0.15) is 0 Å². The number of hydrogen-bond donors (Lipinski definition) is 2. The highest BCUT2D eigenvalue weighted by molar-refractivity contribution is 5.28. The van der Waals surface area contributed by atoms with Crippen molar-refractivity contribution in [3.8, 4) is 5.75 Å². The zero-order valence-corrected chi connectivity index (χ0v) is 12.7. The van der Waals surface area contributed by atoms with Crippen LogP contribution in [-0.4, -0.2) is 25.3 Å². The van der Waals surface area contributed by atoms with E-state index in [4.69, 9.17) is 4.74 Å². The van der Waals surface area contributed by atoms with Crippen LogP contribution in [-0.2, 0) is 0 Å². The Hall–Kier alpha value is -1.06. The molecule has 20 heavy (non-hydrogen) atoms. The lowest BCUT2D eigenvalue weighted by Gasteiger charge is -2.28. The maximum atomic E-state index is 10.2. The minimum absolute atomic E-state index is 0.448. The molecule has 1 aliphatic carbocycles. The molecule has 3 nitrogen and oxygen atoms in total. The molecular formula is C17H27NO2. The van der Waals surface area contributed by atoms with Crippen molar-refractivity contribution in [3.05, 3.63) is 29.8 Å². The van der Waals surface area contributed by atoms with Crippen molar-refractivity contribution >= 4 is 0 Å². The van der Waals surface area contributed by atoms with Crippen LogP contribution in [0.15, 0.2) is 24.3 Å². The monoisotopic (exact) mass is 277 g/mol. The number of aliphatic hydroxyl groups is 1. The van der Waals surface area contributed by atoms with E-state index in [2.05, 4.69) is 12.2 Å². The highest BCUT2D eigenvalue weighted by Crippen LogP contribution is 2.40. The van der Waals surface area contributed by atoms with Crippen LogP contribution in [0, 0.1) is 5.41 Å². The first-order valence-electron chi connectivity index (χ1n) is 7.72. The zero-order chi connectivity index (χ0) is 14.4. The van der Waals surface area contributed by atoms with Crippen LogP contribution in [0.1, 0.15) is 50.7 Å². The van der Waals surface area contributed by atoms with Crippen molar-refractivity contribution in [1.29, 1.82) is 0 Å². The van der Waals surface area contributed by atoms with E-state index in [0.717, 1.165) is 17.9 Å². The van der Waals surface area contributed by atoms with Gasteiger partial charge in [0.05, 0.1) is 13.2 Å². The number of rotatable bonds is 7. The number of benzene rings is 1. The maximum Gasteiger partial charge on any atom is 0.118 e. The Bertz CT molecular complexity index is 396. The molecule has 0 aliphatic heterocycles. The van der Waals surface area contributed by atoms with Crippen LogP contribution >= 0.6 is 0 Å². The third kappa shape index (κ3) is 3.74. The summed E-state index contributed by atoms with van der Waals surface area (Å²) in [5, 5.41) is 13.7. The highest BCUT2D eigenvalue weighted by Gasteiger charge is 2.31. The van der Waals surface area contributed by atoms with Gasteiger partial charge in [0.15, 0.2) is 0 Å². The van der Waals surface area contributed by atoms with E-state index >= 15 is 0 Å². The lowest BCUT2D eigenvalue weighted by atomic mass is 9.83. The van der Waals surface area contributed by atoms with Gasteiger partial charge in [-0.05, 0) is 42.4 Å². The molecule has 1 fully saturated rings. The topological polar surface area (TPSA) is 41.5 Å². The minimum atomic E-state index is -0.448. The van der Waals surface area contributed by atoms with E-state index in [1.165, 1.54) is 32.1 Å². The lowest BCUT2D eigenvalue weighted by Crippen LogP contribution is -2.34. The minimum Gasteiger partial charge on any atom is -0.497 e. The summed E-state index contributed by atoms with van der Waals surface area (Å²) in [6.45, 7) is 3.93. The summed E-state index contributed by atoms with van der Waals surface area (Å²) in [6, 6.07) is 7.64. The average molecular weight is 277 g/mol. The first kappa shape index (κ1) is 15.3. The van der Waals surface area contributed by atoms with Gasteiger partial charge in [-0.25, -0.2) is 0 Å². The molecular weight excluding hydrogens is 250 g/mol. The molecule has 0 radical (unpaired) electrons. The molecule has 1 atom stereocenters. The van der Waals surface area contributed by atoms with Gasteiger partial charge in [-0.15, -0.1) is 0 Å². The van der Waals surface area contributed by atoms with Gasteiger partial charge >= 0.3 is 0 Å². The van der Waals surface area contributed by atoms with Crippen LogP contribution in [0.5, 0.6) is 5.75 Å². The summed E-state index contributed by atoms with van der Waals surface area (Å²) in [5.41, 5.74) is 1.41. The van der Waals surface area contributed by atoms with Gasteiger partial charge in [-0.3, -0.25) is 0 Å². The molecule has 1 aromatic rings. The lowest BCUT2D eigenvalue weighted by molar-refractivity contribution is 0.163. The predicted molar refractivity (Wildman–Crippen MR) is 82.0 cm³/mol. The normalized spacial score (nSPS) is 18.9. The Balaban J connectivity index is 1.80. The zero-order valence-electron chi connectivity index (χ0n) is 12.7. The van der Waals surface area contributed by atoms with Crippen molar-refractivity contribution in [3.63, 3.8) is 0 Å². The first-order valence-corrected chi connectivity index (χ1v) is 7.72. The van der Waals surface area contributed by atoms with E-state index in [1.807, 2.05) is 24.3 Å². The molecule has 0 aromatic heterocycles. The molecule has 0 saturated heterocycles. The Kier molecular flexibility index (Phi) is 5.44. The largest absolute Gasteiger partial charge is 0.497 e. The third-order valence-electron chi connectivity index (χ3n) is 4.75. The van der Waals surface area contributed by atoms with Gasteiger partial charge < -0.3 is 15.2 Å². The van der Waals surface area contributed by atoms with Crippen molar-refractivity contribution in [2.24, 2.45) is 5.41 Å². The molecule has 112 valence electrons. The number of methoxy groups -OCH3 is 1. The molecule has 1 saturated carbocycles. The Morgan fingerprint density at radius 3 is 2.45 bits per heavy atom. The summed E-state index contributed by atoms with van der Waals surface area (Å²) in [7, 11) is 1.65. The number of aliphatic hydroxyl groups excluding tert-OH is 1. The molecule has 0 amide bonds. The number of ether oxygens (including phenoxy) is 1. The van der Waals surface area contributed by atoms with Crippen LogP contribution in [0.3, 0.4) is 0 Å². The van der Waals surface area contributed by atoms with Crippen molar-refractivity contribution in [1.82, 2.24) is 5.32 Å². The molecule has 0 bridgehead atoms. The highest BCUT2D eigenvalue weighted by atomic mass is 16.5. The summed E-state index contributed by atoms with van der Waals surface area (Å²) >= 11 is 0. The summed E-state index contributed by atoms with van der Waals surface area (Å²) < 4.78 is 5.13. The van der Waals surface area contributed by atoms with Gasteiger partial charge in [0, 0.05) is 13.1 Å². The van der Waals surface area contributed by atoms with Gasteiger partial charge in [0.2, 0.25) is 0 Å². The van der Waals surface area contributed by atoms with Crippen molar-refractivity contribution < 1.29 is 9.84 Å². The van der Waals surface area contributed by atoms with E-state index in [9.17, 15) is 5.11 Å².